The summed E-state index contributed by atoms with van der Waals surface area (Å²) in [5.41, 5.74) is 1.63. The molecular formula is C16H26N2. The maximum atomic E-state index is 3.35. The minimum Gasteiger partial charge on any atom is -0.319 e. The molecule has 1 atom stereocenters. The van der Waals surface area contributed by atoms with E-state index in [2.05, 4.69) is 54.5 Å². The Hall–Kier alpha value is -0.860. The molecule has 1 unspecified atom stereocenters. The first kappa shape index (κ1) is 13.6. The van der Waals surface area contributed by atoms with Crippen LogP contribution in [0.15, 0.2) is 30.3 Å². The third-order valence-corrected chi connectivity index (χ3v) is 3.92. The summed E-state index contributed by atoms with van der Waals surface area (Å²) in [6.07, 6.45) is 2.86. The van der Waals surface area contributed by atoms with Crippen molar-refractivity contribution in [3.8, 4) is 0 Å². The number of benzene rings is 1. The van der Waals surface area contributed by atoms with Crippen LogP contribution in [0.1, 0.15) is 25.3 Å². The Morgan fingerprint density at radius 2 is 1.94 bits per heavy atom. The maximum Gasteiger partial charge on any atom is 0.0176 e. The van der Waals surface area contributed by atoms with Crippen LogP contribution in [0.5, 0.6) is 0 Å². The highest BCUT2D eigenvalue weighted by Gasteiger charge is 2.30. The Morgan fingerprint density at radius 3 is 2.50 bits per heavy atom. The molecule has 1 fully saturated rings. The van der Waals surface area contributed by atoms with E-state index in [9.17, 15) is 0 Å². The third-order valence-electron chi connectivity index (χ3n) is 3.92. The highest BCUT2D eigenvalue weighted by atomic mass is 15.1. The van der Waals surface area contributed by atoms with Gasteiger partial charge in [0, 0.05) is 25.0 Å². The van der Waals surface area contributed by atoms with E-state index in [0.29, 0.717) is 0 Å². The van der Waals surface area contributed by atoms with Crippen molar-refractivity contribution in [2.24, 2.45) is 5.92 Å². The number of hydrogen-bond acceptors (Lipinski definition) is 2. The second-order valence-electron chi connectivity index (χ2n) is 6.10. The Kier molecular flexibility index (Phi) is 4.41. The van der Waals surface area contributed by atoms with Crippen molar-refractivity contribution < 1.29 is 0 Å². The van der Waals surface area contributed by atoms with E-state index >= 15 is 0 Å². The topological polar surface area (TPSA) is 15.3 Å². The molecule has 0 saturated heterocycles. The van der Waals surface area contributed by atoms with Gasteiger partial charge < -0.3 is 10.2 Å². The molecule has 18 heavy (non-hydrogen) atoms. The summed E-state index contributed by atoms with van der Waals surface area (Å²) in [4.78, 5) is 2.50. The molecule has 2 nitrogen and oxygen atoms in total. The van der Waals surface area contributed by atoms with Gasteiger partial charge in [-0.1, -0.05) is 37.3 Å². The third kappa shape index (κ3) is 3.56. The van der Waals surface area contributed by atoms with E-state index < -0.39 is 0 Å². The van der Waals surface area contributed by atoms with Gasteiger partial charge in [-0.05, 0) is 38.4 Å². The average molecular weight is 246 g/mol. The lowest BCUT2D eigenvalue weighted by atomic mass is 9.82. The molecule has 1 aromatic carbocycles. The molecule has 100 valence electrons. The normalized spacial score (nSPS) is 18.9. The van der Waals surface area contributed by atoms with Crippen LogP contribution in [0.4, 0.5) is 0 Å². The number of likely N-dealkylation sites (N-methyl/N-ethyl adjacent to an activating group) is 2. The monoisotopic (exact) mass is 246 g/mol. The van der Waals surface area contributed by atoms with Gasteiger partial charge in [0.15, 0.2) is 0 Å². The SMILES string of the molecule is CNCC(C)(CN(C)CC1CC1)c1ccccc1. The van der Waals surface area contributed by atoms with Gasteiger partial charge in [-0.15, -0.1) is 0 Å². The minimum atomic E-state index is 0.194. The van der Waals surface area contributed by atoms with Gasteiger partial charge >= 0.3 is 0 Å². The van der Waals surface area contributed by atoms with Crippen LogP contribution < -0.4 is 5.32 Å². The van der Waals surface area contributed by atoms with Crippen LogP contribution >= 0.6 is 0 Å². The smallest absolute Gasteiger partial charge is 0.0176 e. The van der Waals surface area contributed by atoms with Crippen LogP contribution in [0.3, 0.4) is 0 Å². The van der Waals surface area contributed by atoms with Gasteiger partial charge in [-0.25, -0.2) is 0 Å². The van der Waals surface area contributed by atoms with E-state index in [-0.39, 0.29) is 5.41 Å². The molecule has 0 heterocycles. The standard InChI is InChI=1S/C16H26N2/c1-16(12-17-2,15-7-5-4-6-8-15)13-18(3)11-14-9-10-14/h4-8,14,17H,9-13H2,1-3H3. The molecule has 2 rings (SSSR count). The summed E-state index contributed by atoms with van der Waals surface area (Å²) >= 11 is 0. The number of rotatable bonds is 7. The highest BCUT2D eigenvalue weighted by Crippen LogP contribution is 2.31. The summed E-state index contributed by atoms with van der Waals surface area (Å²) in [5, 5.41) is 3.35. The minimum absolute atomic E-state index is 0.194. The van der Waals surface area contributed by atoms with Crippen molar-refractivity contribution in [3.63, 3.8) is 0 Å². The lowest BCUT2D eigenvalue weighted by Gasteiger charge is -2.34. The van der Waals surface area contributed by atoms with Crippen LogP contribution in [0, 0.1) is 5.92 Å². The van der Waals surface area contributed by atoms with Crippen molar-refractivity contribution in [2.75, 3.05) is 33.7 Å². The second kappa shape index (κ2) is 5.85. The van der Waals surface area contributed by atoms with Gasteiger partial charge in [0.05, 0.1) is 0 Å². The van der Waals surface area contributed by atoms with Crippen LogP contribution in [-0.4, -0.2) is 38.6 Å². The Labute approximate surface area is 111 Å². The van der Waals surface area contributed by atoms with E-state index in [1.54, 1.807) is 0 Å². The molecule has 0 aliphatic heterocycles. The molecule has 0 radical (unpaired) electrons. The van der Waals surface area contributed by atoms with Crippen molar-refractivity contribution in [2.45, 2.75) is 25.2 Å². The zero-order chi connectivity index (χ0) is 13.0. The molecule has 0 spiro atoms. The first-order chi connectivity index (χ1) is 8.64. The zero-order valence-corrected chi connectivity index (χ0v) is 11.9. The maximum absolute atomic E-state index is 3.35. The zero-order valence-electron chi connectivity index (χ0n) is 11.9. The molecule has 0 bridgehead atoms. The predicted molar refractivity (Wildman–Crippen MR) is 77.9 cm³/mol. The largest absolute Gasteiger partial charge is 0.319 e. The van der Waals surface area contributed by atoms with Crippen molar-refractivity contribution in [1.82, 2.24) is 10.2 Å². The molecular weight excluding hydrogens is 220 g/mol. The number of hydrogen-bond donors (Lipinski definition) is 1. The summed E-state index contributed by atoms with van der Waals surface area (Å²) in [5.74, 6) is 0.963. The first-order valence-corrected chi connectivity index (χ1v) is 7.03. The fraction of sp³-hybridized carbons (Fsp3) is 0.625. The lowest BCUT2D eigenvalue weighted by molar-refractivity contribution is 0.244. The summed E-state index contributed by atoms with van der Waals surface area (Å²) in [6.45, 7) is 5.76. The molecule has 1 N–H and O–H groups in total. The van der Waals surface area contributed by atoms with Gasteiger partial charge in [-0.3, -0.25) is 0 Å². The fourth-order valence-corrected chi connectivity index (χ4v) is 2.88. The van der Waals surface area contributed by atoms with E-state index in [1.807, 2.05) is 7.05 Å². The number of nitrogens with one attached hydrogen (secondary N) is 1. The highest BCUT2D eigenvalue weighted by molar-refractivity contribution is 5.25. The molecule has 1 aliphatic rings. The fourth-order valence-electron chi connectivity index (χ4n) is 2.88. The first-order valence-electron chi connectivity index (χ1n) is 7.03. The van der Waals surface area contributed by atoms with Gasteiger partial charge in [0.1, 0.15) is 0 Å². The van der Waals surface area contributed by atoms with Crippen LogP contribution in [0.2, 0.25) is 0 Å². The van der Waals surface area contributed by atoms with E-state index in [1.165, 1.54) is 24.9 Å². The summed E-state index contributed by atoms with van der Waals surface area (Å²) < 4.78 is 0. The Balaban J connectivity index is 2.05. The molecule has 0 amide bonds. The van der Waals surface area contributed by atoms with Gasteiger partial charge in [-0.2, -0.15) is 0 Å². The lowest BCUT2D eigenvalue weighted by Crippen LogP contribution is -2.44. The molecule has 1 aromatic rings. The van der Waals surface area contributed by atoms with Gasteiger partial charge in [0.2, 0.25) is 0 Å². The quantitative estimate of drug-likeness (QED) is 0.795. The molecule has 1 aliphatic carbocycles. The Morgan fingerprint density at radius 1 is 1.28 bits per heavy atom. The average Bonchev–Trinajstić information content (AvgIpc) is 3.14. The second-order valence-corrected chi connectivity index (χ2v) is 6.10. The number of nitrogens with zero attached hydrogens (tertiary/aromatic N) is 1. The van der Waals surface area contributed by atoms with Crippen molar-refractivity contribution in [3.05, 3.63) is 35.9 Å². The summed E-state index contributed by atoms with van der Waals surface area (Å²) in [7, 11) is 4.30. The van der Waals surface area contributed by atoms with Crippen LogP contribution in [0.25, 0.3) is 0 Å². The molecule has 1 saturated carbocycles. The molecule has 0 aromatic heterocycles. The van der Waals surface area contributed by atoms with Gasteiger partial charge in [0.25, 0.3) is 0 Å². The van der Waals surface area contributed by atoms with E-state index in [0.717, 1.165) is 19.0 Å². The van der Waals surface area contributed by atoms with Crippen molar-refractivity contribution in [1.29, 1.82) is 0 Å². The van der Waals surface area contributed by atoms with Crippen molar-refractivity contribution >= 4 is 0 Å². The molecule has 2 heteroatoms. The van der Waals surface area contributed by atoms with Crippen LogP contribution in [-0.2, 0) is 5.41 Å². The predicted octanol–water partition coefficient (Wildman–Crippen LogP) is 2.51. The Bertz CT molecular complexity index is 359. The summed E-state index contributed by atoms with van der Waals surface area (Å²) in [6, 6.07) is 10.9. The van der Waals surface area contributed by atoms with E-state index in [4.69, 9.17) is 0 Å².